The number of aryl methyl sites for hydroxylation is 1. The van der Waals surface area contributed by atoms with E-state index >= 15 is 0 Å². The molecule has 0 aliphatic rings. The molecule has 0 spiro atoms. The second-order valence-electron chi connectivity index (χ2n) is 8.16. The first-order valence-electron chi connectivity index (χ1n) is 11.7. The maximum absolute atomic E-state index is 10.9. The van der Waals surface area contributed by atoms with E-state index in [9.17, 15) is 4.79 Å². The number of carboxylic acids is 1. The summed E-state index contributed by atoms with van der Waals surface area (Å²) in [6.45, 7) is 6.36. The van der Waals surface area contributed by atoms with Crippen LogP contribution in [0.1, 0.15) is 67.6 Å². The number of rotatable bonds is 12. The Morgan fingerprint density at radius 3 is 2.55 bits per heavy atom. The maximum Gasteiger partial charge on any atom is 0.307 e. The van der Waals surface area contributed by atoms with E-state index in [4.69, 9.17) is 15.1 Å². The number of benzene rings is 1. The van der Waals surface area contributed by atoms with Crippen LogP contribution in [-0.4, -0.2) is 21.0 Å². The molecule has 0 radical (unpaired) electrons. The minimum absolute atomic E-state index is 0.0190. The van der Waals surface area contributed by atoms with E-state index in [2.05, 4.69) is 43.4 Å². The number of nitrogens with one attached hydrogen (secondary N) is 1. The third-order valence-electron chi connectivity index (χ3n) is 5.49. The molecule has 0 aliphatic heterocycles. The van der Waals surface area contributed by atoms with Crippen LogP contribution < -0.4 is 5.32 Å². The molecule has 0 saturated heterocycles. The van der Waals surface area contributed by atoms with Crippen LogP contribution in [-0.2, 0) is 17.6 Å². The first-order chi connectivity index (χ1) is 16.0. The molecule has 174 valence electrons. The number of aliphatic carboxylic acids is 1. The summed E-state index contributed by atoms with van der Waals surface area (Å²) in [7, 11) is 0. The van der Waals surface area contributed by atoms with E-state index < -0.39 is 5.97 Å². The van der Waals surface area contributed by atoms with Crippen LogP contribution in [0, 0.1) is 6.92 Å². The Labute approximate surface area is 200 Å². The molecule has 0 unspecified atom stereocenters. The van der Waals surface area contributed by atoms with Gasteiger partial charge in [-0.05, 0) is 62.1 Å². The molecule has 2 heterocycles. The average molecular weight is 464 g/mol. The minimum atomic E-state index is -0.832. The molecule has 6 heteroatoms. The van der Waals surface area contributed by atoms with Gasteiger partial charge in [0.25, 0.3) is 0 Å². The van der Waals surface area contributed by atoms with Crippen molar-refractivity contribution in [3.8, 4) is 10.7 Å². The Bertz CT molecular complexity index is 1090. The van der Waals surface area contributed by atoms with Crippen LogP contribution in [0.5, 0.6) is 0 Å². The standard InChI is InChI=1S/C27H33N3O2S/c1-4-6-7-8-9-10-11-22-16-17-24(33-22)27-28-19(3)23(5-2)26(30-27)29-21-14-12-20(13-15-21)18-25(31)32/h10-17H,4-9,18H2,1-3H3,(H,31,32)(H,28,29,30). The van der Waals surface area contributed by atoms with Crippen molar-refractivity contribution in [1.82, 2.24) is 9.97 Å². The number of nitrogens with zero attached hydrogens (tertiary/aromatic N) is 2. The molecule has 0 bridgehead atoms. The molecule has 0 atom stereocenters. The van der Waals surface area contributed by atoms with Gasteiger partial charge in [-0.25, -0.2) is 9.97 Å². The quantitative estimate of drug-likeness (QED) is 0.273. The van der Waals surface area contributed by atoms with Gasteiger partial charge in [-0.15, -0.1) is 11.3 Å². The summed E-state index contributed by atoms with van der Waals surface area (Å²) in [6.07, 6.45) is 11.5. The maximum atomic E-state index is 10.9. The predicted molar refractivity (Wildman–Crippen MR) is 138 cm³/mol. The summed E-state index contributed by atoms with van der Waals surface area (Å²) in [5, 5.41) is 12.4. The van der Waals surface area contributed by atoms with Gasteiger partial charge >= 0.3 is 5.97 Å². The van der Waals surface area contributed by atoms with Crippen molar-refractivity contribution in [1.29, 1.82) is 0 Å². The van der Waals surface area contributed by atoms with Gasteiger partial charge in [0, 0.05) is 21.8 Å². The molecular weight excluding hydrogens is 430 g/mol. The highest BCUT2D eigenvalue weighted by atomic mass is 32.1. The van der Waals surface area contributed by atoms with E-state index in [0.29, 0.717) is 0 Å². The normalized spacial score (nSPS) is 11.2. The Hall–Kier alpha value is -2.99. The van der Waals surface area contributed by atoms with Crippen molar-refractivity contribution < 1.29 is 9.90 Å². The van der Waals surface area contributed by atoms with E-state index in [1.54, 1.807) is 11.3 Å². The molecule has 3 aromatic rings. The molecule has 0 aliphatic carbocycles. The molecule has 0 fully saturated rings. The van der Waals surface area contributed by atoms with Crippen molar-refractivity contribution in [2.75, 3.05) is 5.32 Å². The lowest BCUT2D eigenvalue weighted by molar-refractivity contribution is -0.136. The fraction of sp³-hybridized carbons (Fsp3) is 0.370. The minimum Gasteiger partial charge on any atom is -0.481 e. The first-order valence-corrected chi connectivity index (χ1v) is 12.5. The summed E-state index contributed by atoms with van der Waals surface area (Å²) in [5.74, 6) is 0.691. The van der Waals surface area contributed by atoms with Gasteiger partial charge in [0.15, 0.2) is 5.82 Å². The van der Waals surface area contributed by atoms with E-state index in [1.165, 1.54) is 30.6 Å². The van der Waals surface area contributed by atoms with E-state index in [-0.39, 0.29) is 6.42 Å². The van der Waals surface area contributed by atoms with Crippen molar-refractivity contribution in [3.05, 3.63) is 64.2 Å². The Kier molecular flexibility index (Phi) is 9.19. The number of thiophene rings is 1. The van der Waals surface area contributed by atoms with E-state index in [1.807, 2.05) is 31.2 Å². The SMILES string of the molecule is CCCCCCC=Cc1ccc(-c2nc(C)c(CC)c(Nc3ccc(CC(=O)O)cc3)n2)s1. The predicted octanol–water partition coefficient (Wildman–Crippen LogP) is 7.43. The smallest absolute Gasteiger partial charge is 0.307 e. The topological polar surface area (TPSA) is 75.1 Å². The van der Waals surface area contributed by atoms with Crippen LogP contribution >= 0.6 is 11.3 Å². The fourth-order valence-corrected chi connectivity index (χ4v) is 4.57. The number of carboxylic acid groups (broad SMARTS) is 1. The van der Waals surface area contributed by atoms with Gasteiger partial charge in [0.2, 0.25) is 0 Å². The molecule has 1 aromatic carbocycles. The van der Waals surface area contributed by atoms with Crippen molar-refractivity contribution in [3.63, 3.8) is 0 Å². The van der Waals surface area contributed by atoms with Crippen LogP contribution in [0.15, 0.2) is 42.5 Å². The van der Waals surface area contributed by atoms with E-state index in [0.717, 1.165) is 51.9 Å². The van der Waals surface area contributed by atoms with Crippen LogP contribution in [0.4, 0.5) is 11.5 Å². The van der Waals surface area contributed by atoms with Crippen molar-refractivity contribution >= 4 is 34.9 Å². The number of hydrogen-bond acceptors (Lipinski definition) is 5. The molecule has 5 nitrogen and oxygen atoms in total. The summed E-state index contributed by atoms with van der Waals surface area (Å²) in [5.41, 5.74) is 3.69. The second kappa shape index (κ2) is 12.3. The zero-order valence-corrected chi connectivity index (χ0v) is 20.5. The highest BCUT2D eigenvalue weighted by Gasteiger charge is 2.13. The number of aromatic nitrogens is 2. The second-order valence-corrected chi connectivity index (χ2v) is 9.27. The molecule has 0 amide bonds. The van der Waals surface area contributed by atoms with Crippen LogP contribution in [0.3, 0.4) is 0 Å². The molecule has 3 rings (SSSR count). The summed E-state index contributed by atoms with van der Waals surface area (Å²) < 4.78 is 0. The lowest BCUT2D eigenvalue weighted by atomic mass is 10.1. The molecule has 2 aromatic heterocycles. The third-order valence-corrected chi connectivity index (χ3v) is 6.54. The van der Waals surface area contributed by atoms with Crippen LogP contribution in [0.2, 0.25) is 0 Å². The molecular formula is C27H33N3O2S. The summed E-state index contributed by atoms with van der Waals surface area (Å²) in [6, 6.07) is 11.7. The van der Waals surface area contributed by atoms with Gasteiger partial charge in [0.1, 0.15) is 5.82 Å². The van der Waals surface area contributed by atoms with Gasteiger partial charge in [-0.3, -0.25) is 4.79 Å². The largest absolute Gasteiger partial charge is 0.481 e. The van der Waals surface area contributed by atoms with Gasteiger partial charge in [-0.2, -0.15) is 0 Å². The van der Waals surface area contributed by atoms with Crippen LogP contribution in [0.25, 0.3) is 16.8 Å². The Balaban J connectivity index is 1.76. The third kappa shape index (κ3) is 7.26. The van der Waals surface area contributed by atoms with Gasteiger partial charge < -0.3 is 10.4 Å². The lowest BCUT2D eigenvalue weighted by Gasteiger charge is -2.14. The van der Waals surface area contributed by atoms with Gasteiger partial charge in [0.05, 0.1) is 11.3 Å². The molecule has 33 heavy (non-hydrogen) atoms. The molecule has 0 saturated carbocycles. The summed E-state index contributed by atoms with van der Waals surface area (Å²) in [4.78, 5) is 22.8. The highest BCUT2D eigenvalue weighted by molar-refractivity contribution is 7.16. The van der Waals surface area contributed by atoms with Gasteiger partial charge in [-0.1, -0.05) is 51.3 Å². The number of carbonyl (C=O) groups is 1. The van der Waals surface area contributed by atoms with Crippen molar-refractivity contribution in [2.45, 2.75) is 65.7 Å². The average Bonchev–Trinajstić information content (AvgIpc) is 3.26. The number of hydrogen-bond donors (Lipinski definition) is 2. The lowest BCUT2D eigenvalue weighted by Crippen LogP contribution is -2.05. The van der Waals surface area contributed by atoms with Crippen molar-refractivity contribution in [2.24, 2.45) is 0 Å². The fourth-order valence-electron chi connectivity index (χ4n) is 3.70. The first kappa shape index (κ1) is 24.6. The molecule has 2 N–H and O–H groups in total. The highest BCUT2D eigenvalue weighted by Crippen LogP contribution is 2.30. The zero-order chi connectivity index (χ0) is 23.6. The Morgan fingerprint density at radius 2 is 1.85 bits per heavy atom. The zero-order valence-electron chi connectivity index (χ0n) is 19.7. The Morgan fingerprint density at radius 1 is 1.06 bits per heavy atom. The monoisotopic (exact) mass is 463 g/mol. The number of anilines is 2. The summed E-state index contributed by atoms with van der Waals surface area (Å²) >= 11 is 1.70. The number of allylic oxidation sites excluding steroid dienone is 1. The number of unbranched alkanes of at least 4 members (excludes halogenated alkanes) is 4.